The van der Waals surface area contributed by atoms with Crippen LogP contribution in [0.2, 0.25) is 0 Å². The molecule has 4 heteroatoms. The summed E-state index contributed by atoms with van der Waals surface area (Å²) in [5.41, 5.74) is 0.123. The van der Waals surface area contributed by atoms with Crippen LogP contribution in [0.5, 0.6) is 0 Å². The maximum atomic E-state index is 13.3. The Kier molecular flexibility index (Phi) is 5.22. The van der Waals surface area contributed by atoms with Gasteiger partial charge in [0.2, 0.25) is 0 Å². The van der Waals surface area contributed by atoms with Crippen molar-refractivity contribution in [3.8, 4) is 0 Å². The molecule has 0 aliphatic carbocycles. The molecular formula is C13H17F2NO. The van der Waals surface area contributed by atoms with Crippen molar-refractivity contribution in [2.75, 3.05) is 13.1 Å². The smallest absolute Gasteiger partial charge is 0.162 e. The molecule has 0 bridgehead atoms. The fourth-order valence-electron chi connectivity index (χ4n) is 1.52. The zero-order chi connectivity index (χ0) is 12.8. The van der Waals surface area contributed by atoms with Crippen molar-refractivity contribution in [1.29, 1.82) is 0 Å². The first-order valence-corrected chi connectivity index (χ1v) is 5.72. The second-order valence-electron chi connectivity index (χ2n) is 4.06. The summed E-state index contributed by atoms with van der Waals surface area (Å²) < 4.78 is 26.3. The fraction of sp³-hybridized carbons (Fsp3) is 0.462. The van der Waals surface area contributed by atoms with E-state index in [0.717, 1.165) is 12.6 Å². The van der Waals surface area contributed by atoms with Crippen molar-refractivity contribution in [1.82, 2.24) is 5.32 Å². The average molecular weight is 241 g/mol. The highest BCUT2D eigenvalue weighted by Crippen LogP contribution is 2.13. The van der Waals surface area contributed by atoms with Crippen LogP contribution in [0.1, 0.15) is 19.4 Å². The van der Waals surface area contributed by atoms with Crippen LogP contribution >= 0.6 is 0 Å². The molecule has 1 N–H and O–H groups in total. The van der Waals surface area contributed by atoms with Gasteiger partial charge in [-0.2, -0.15) is 0 Å². The van der Waals surface area contributed by atoms with Crippen molar-refractivity contribution in [3.63, 3.8) is 0 Å². The van der Waals surface area contributed by atoms with Crippen LogP contribution in [0.15, 0.2) is 18.2 Å². The Bertz CT molecular complexity index is 393. The van der Waals surface area contributed by atoms with Crippen molar-refractivity contribution in [2.45, 2.75) is 20.3 Å². The molecule has 1 unspecified atom stereocenters. The Labute approximate surface area is 100 Å². The maximum Gasteiger partial charge on any atom is 0.162 e. The van der Waals surface area contributed by atoms with E-state index in [2.05, 4.69) is 5.32 Å². The van der Waals surface area contributed by atoms with Crippen LogP contribution in [-0.2, 0) is 11.2 Å². The molecule has 0 spiro atoms. The summed E-state index contributed by atoms with van der Waals surface area (Å²) in [7, 11) is 0. The lowest BCUT2D eigenvalue weighted by Crippen LogP contribution is -2.27. The minimum Gasteiger partial charge on any atom is -0.316 e. The topological polar surface area (TPSA) is 29.1 Å². The summed E-state index contributed by atoms with van der Waals surface area (Å²) in [4.78, 5) is 11.8. The number of carbonyl (C=O) groups excluding carboxylic acids is 1. The van der Waals surface area contributed by atoms with E-state index in [1.165, 1.54) is 12.1 Å². The Morgan fingerprint density at radius 3 is 2.76 bits per heavy atom. The molecule has 1 aromatic rings. The van der Waals surface area contributed by atoms with Crippen LogP contribution in [0.3, 0.4) is 0 Å². The predicted molar refractivity (Wildman–Crippen MR) is 62.8 cm³/mol. The van der Waals surface area contributed by atoms with Crippen LogP contribution < -0.4 is 5.32 Å². The van der Waals surface area contributed by atoms with E-state index in [9.17, 15) is 13.6 Å². The van der Waals surface area contributed by atoms with E-state index in [4.69, 9.17) is 0 Å². The van der Waals surface area contributed by atoms with Gasteiger partial charge in [0.05, 0.1) is 0 Å². The molecule has 0 aliphatic heterocycles. The summed E-state index contributed by atoms with van der Waals surface area (Å²) >= 11 is 0. The number of Topliss-reactive ketones (excluding diaryl/α,β-unsaturated/α-hetero) is 1. The monoisotopic (exact) mass is 241 g/mol. The first kappa shape index (κ1) is 13.8. The summed E-state index contributed by atoms with van der Waals surface area (Å²) in [6.45, 7) is 5.07. The lowest BCUT2D eigenvalue weighted by Gasteiger charge is -2.11. The van der Waals surface area contributed by atoms with Crippen molar-refractivity contribution >= 4 is 5.78 Å². The molecule has 0 aliphatic rings. The Morgan fingerprint density at radius 1 is 1.41 bits per heavy atom. The number of rotatable bonds is 6. The molecule has 0 heterocycles. The first-order chi connectivity index (χ1) is 8.06. The fourth-order valence-corrected chi connectivity index (χ4v) is 1.52. The third-order valence-corrected chi connectivity index (χ3v) is 2.65. The minimum absolute atomic E-state index is 0.0594. The standard InChI is InChI=1S/C13H17F2NO/c1-3-16-8-9(2)12(17)7-10-5-4-6-11(14)13(10)15/h4-6,9,16H,3,7-8H2,1-2H3. The van der Waals surface area contributed by atoms with Gasteiger partial charge in [-0.1, -0.05) is 26.0 Å². The van der Waals surface area contributed by atoms with Crippen LogP contribution in [-0.4, -0.2) is 18.9 Å². The SMILES string of the molecule is CCNCC(C)C(=O)Cc1cccc(F)c1F. The molecule has 2 nitrogen and oxygen atoms in total. The minimum atomic E-state index is -0.920. The Hall–Kier alpha value is -1.29. The van der Waals surface area contributed by atoms with E-state index in [1.807, 2.05) is 6.92 Å². The number of hydrogen-bond donors (Lipinski definition) is 1. The van der Waals surface area contributed by atoms with Crippen molar-refractivity contribution < 1.29 is 13.6 Å². The maximum absolute atomic E-state index is 13.3. The van der Waals surface area contributed by atoms with Gasteiger partial charge in [-0.05, 0) is 18.2 Å². The molecule has 94 valence electrons. The van der Waals surface area contributed by atoms with Gasteiger partial charge in [-0.25, -0.2) is 8.78 Å². The van der Waals surface area contributed by atoms with E-state index < -0.39 is 11.6 Å². The molecule has 1 rings (SSSR count). The molecule has 1 aromatic carbocycles. The number of hydrogen-bond acceptors (Lipinski definition) is 2. The third kappa shape index (κ3) is 3.89. The summed E-state index contributed by atoms with van der Waals surface area (Å²) in [6, 6.07) is 3.90. The van der Waals surface area contributed by atoms with Gasteiger partial charge in [0.25, 0.3) is 0 Å². The van der Waals surface area contributed by atoms with E-state index in [1.54, 1.807) is 6.92 Å². The Morgan fingerprint density at radius 2 is 2.12 bits per heavy atom. The van der Waals surface area contributed by atoms with Crippen LogP contribution in [0.25, 0.3) is 0 Å². The van der Waals surface area contributed by atoms with Gasteiger partial charge < -0.3 is 5.32 Å². The Balaban J connectivity index is 2.64. The van der Waals surface area contributed by atoms with E-state index >= 15 is 0 Å². The van der Waals surface area contributed by atoms with Gasteiger partial charge in [-0.3, -0.25) is 4.79 Å². The molecule has 0 fully saturated rings. The zero-order valence-electron chi connectivity index (χ0n) is 10.1. The number of nitrogens with one attached hydrogen (secondary N) is 1. The van der Waals surface area contributed by atoms with Gasteiger partial charge >= 0.3 is 0 Å². The molecule has 0 amide bonds. The number of carbonyl (C=O) groups is 1. The molecule has 0 radical (unpaired) electrons. The van der Waals surface area contributed by atoms with Crippen molar-refractivity contribution in [2.24, 2.45) is 5.92 Å². The molecule has 0 saturated carbocycles. The molecule has 1 atom stereocenters. The van der Waals surface area contributed by atoms with Crippen LogP contribution in [0, 0.1) is 17.6 Å². The lowest BCUT2D eigenvalue weighted by molar-refractivity contribution is -0.121. The van der Waals surface area contributed by atoms with Gasteiger partial charge in [0.1, 0.15) is 5.78 Å². The number of halogens is 2. The number of ketones is 1. The highest BCUT2D eigenvalue weighted by Gasteiger charge is 2.16. The van der Waals surface area contributed by atoms with Crippen molar-refractivity contribution in [3.05, 3.63) is 35.4 Å². The van der Waals surface area contributed by atoms with Gasteiger partial charge in [-0.15, -0.1) is 0 Å². The molecule has 0 aromatic heterocycles. The summed E-state index contributed by atoms with van der Waals surface area (Å²) in [5, 5.41) is 3.05. The first-order valence-electron chi connectivity index (χ1n) is 5.72. The second-order valence-corrected chi connectivity index (χ2v) is 4.06. The zero-order valence-corrected chi connectivity index (χ0v) is 10.1. The van der Waals surface area contributed by atoms with Gasteiger partial charge in [0, 0.05) is 18.9 Å². The second kappa shape index (κ2) is 6.45. The molecule has 0 saturated heterocycles. The average Bonchev–Trinajstić information content (AvgIpc) is 2.31. The largest absolute Gasteiger partial charge is 0.316 e. The highest BCUT2D eigenvalue weighted by molar-refractivity contribution is 5.83. The van der Waals surface area contributed by atoms with Crippen LogP contribution in [0.4, 0.5) is 8.78 Å². The van der Waals surface area contributed by atoms with E-state index in [0.29, 0.717) is 6.54 Å². The summed E-state index contributed by atoms with van der Waals surface area (Å²) in [5.74, 6) is -2.11. The van der Waals surface area contributed by atoms with E-state index in [-0.39, 0.29) is 23.7 Å². The number of benzene rings is 1. The summed E-state index contributed by atoms with van der Waals surface area (Å²) in [6.07, 6.45) is -0.0594. The molecular weight excluding hydrogens is 224 g/mol. The van der Waals surface area contributed by atoms with Gasteiger partial charge in [0.15, 0.2) is 11.6 Å². The highest BCUT2D eigenvalue weighted by atomic mass is 19.2. The lowest BCUT2D eigenvalue weighted by atomic mass is 9.99. The molecule has 17 heavy (non-hydrogen) atoms. The third-order valence-electron chi connectivity index (χ3n) is 2.65. The normalized spacial score (nSPS) is 12.5. The predicted octanol–water partition coefficient (Wildman–Crippen LogP) is 2.32. The quantitative estimate of drug-likeness (QED) is 0.828.